The summed E-state index contributed by atoms with van der Waals surface area (Å²) in [6, 6.07) is 14.0. The normalized spacial score (nSPS) is 28.7. The Labute approximate surface area is 192 Å². The lowest BCUT2D eigenvalue weighted by Crippen LogP contribution is -2.59. The van der Waals surface area contributed by atoms with Crippen LogP contribution in [0.3, 0.4) is 0 Å². The third-order valence-corrected chi connectivity index (χ3v) is 7.80. The van der Waals surface area contributed by atoms with Crippen LogP contribution in [0.25, 0.3) is 5.52 Å². The van der Waals surface area contributed by atoms with Crippen molar-refractivity contribution in [1.29, 1.82) is 5.26 Å². The van der Waals surface area contributed by atoms with Crippen molar-refractivity contribution in [2.75, 3.05) is 49.1 Å². The molecule has 2 atom stereocenters. The third-order valence-electron chi connectivity index (χ3n) is 7.80. The first kappa shape index (κ1) is 19.3. The van der Waals surface area contributed by atoms with Gasteiger partial charge < -0.3 is 9.80 Å². The fourth-order valence-electron chi connectivity index (χ4n) is 6.07. The number of rotatable bonds is 2. The summed E-state index contributed by atoms with van der Waals surface area (Å²) in [5.41, 5.74) is 8.76. The summed E-state index contributed by atoms with van der Waals surface area (Å²) in [4.78, 5) is 12.7. The highest BCUT2D eigenvalue weighted by molar-refractivity contribution is 5.74. The number of nitriles is 1. The molecule has 2 unspecified atom stereocenters. The monoisotopic (exact) mass is 441 g/mol. The summed E-state index contributed by atoms with van der Waals surface area (Å²) in [5.74, 6) is 1.12. The Morgan fingerprint density at radius 2 is 2.00 bits per heavy atom. The number of aromatic nitrogens is 3. The maximum atomic E-state index is 9.43. The molecule has 1 N–H and O–H groups in total. The van der Waals surface area contributed by atoms with Gasteiger partial charge in [-0.25, -0.2) is 14.5 Å². The maximum Gasteiger partial charge on any atom is 0.142 e. The molecule has 0 saturated carbocycles. The Morgan fingerprint density at radius 3 is 2.88 bits per heavy atom. The number of pyridine rings is 2. The van der Waals surface area contributed by atoms with Crippen LogP contribution in [0, 0.1) is 11.3 Å². The molecule has 5 aliphatic rings. The van der Waals surface area contributed by atoms with Crippen molar-refractivity contribution in [3.05, 3.63) is 53.5 Å². The highest BCUT2D eigenvalue weighted by Gasteiger charge is 2.41. The van der Waals surface area contributed by atoms with E-state index in [1.165, 1.54) is 11.3 Å². The van der Waals surface area contributed by atoms with Crippen molar-refractivity contribution >= 4 is 17.0 Å². The van der Waals surface area contributed by atoms with Crippen LogP contribution in [0.1, 0.15) is 29.9 Å². The number of hydrogen-bond acceptors (Lipinski definition) is 8. The van der Waals surface area contributed by atoms with Gasteiger partial charge in [0.05, 0.1) is 35.2 Å². The van der Waals surface area contributed by atoms with Gasteiger partial charge in [0.15, 0.2) is 0 Å². The molecular weight excluding hydrogens is 414 g/mol. The van der Waals surface area contributed by atoms with Gasteiger partial charge in [0.1, 0.15) is 17.6 Å². The summed E-state index contributed by atoms with van der Waals surface area (Å²) in [6.07, 6.45) is 1.77. The average molecular weight is 442 g/mol. The minimum Gasteiger partial charge on any atom is -0.366 e. The van der Waals surface area contributed by atoms with E-state index in [2.05, 4.69) is 61.4 Å². The van der Waals surface area contributed by atoms with Crippen molar-refractivity contribution < 1.29 is 0 Å². The summed E-state index contributed by atoms with van der Waals surface area (Å²) in [7, 11) is 0. The van der Waals surface area contributed by atoms with Gasteiger partial charge in [-0.2, -0.15) is 10.4 Å². The molecule has 33 heavy (non-hydrogen) atoms. The molecule has 2 bridgehead atoms. The van der Waals surface area contributed by atoms with Crippen molar-refractivity contribution in [3.63, 3.8) is 0 Å². The summed E-state index contributed by atoms with van der Waals surface area (Å²) < 4.78 is 1.75. The van der Waals surface area contributed by atoms with Crippen LogP contribution in [0.4, 0.5) is 11.5 Å². The molecule has 3 aromatic heterocycles. The molecule has 0 amide bonds. The molecule has 4 fully saturated rings. The Kier molecular flexibility index (Phi) is 4.18. The van der Waals surface area contributed by atoms with Crippen LogP contribution in [-0.2, 0) is 6.54 Å². The van der Waals surface area contributed by atoms with E-state index in [1.807, 2.05) is 12.1 Å². The minimum absolute atomic E-state index is 0.328. The van der Waals surface area contributed by atoms with Crippen LogP contribution in [0.5, 0.6) is 0 Å². The maximum absolute atomic E-state index is 9.43. The Bertz CT molecular complexity index is 1270. The molecular formula is C24H27N9. The molecule has 3 aromatic rings. The predicted octanol–water partition coefficient (Wildman–Crippen LogP) is 1.38. The third kappa shape index (κ3) is 2.88. The van der Waals surface area contributed by atoms with Crippen LogP contribution >= 0.6 is 0 Å². The smallest absolute Gasteiger partial charge is 0.142 e. The largest absolute Gasteiger partial charge is 0.366 e. The van der Waals surface area contributed by atoms with Crippen molar-refractivity contribution in [3.8, 4) is 6.07 Å². The highest BCUT2D eigenvalue weighted by atomic mass is 15.6. The van der Waals surface area contributed by atoms with Gasteiger partial charge in [-0.1, -0.05) is 6.07 Å². The molecule has 0 radical (unpaired) electrons. The predicted molar refractivity (Wildman–Crippen MR) is 125 cm³/mol. The second-order valence-corrected chi connectivity index (χ2v) is 9.65. The second-order valence-electron chi connectivity index (χ2n) is 9.65. The van der Waals surface area contributed by atoms with Crippen LogP contribution in [0.2, 0.25) is 0 Å². The van der Waals surface area contributed by atoms with Crippen LogP contribution in [-0.4, -0.2) is 75.9 Å². The summed E-state index contributed by atoms with van der Waals surface area (Å²) >= 11 is 0. The lowest BCUT2D eigenvalue weighted by molar-refractivity contribution is 0.104. The lowest BCUT2D eigenvalue weighted by Gasteiger charge is -2.43. The average Bonchev–Trinajstić information content (AvgIpc) is 3.30. The van der Waals surface area contributed by atoms with Gasteiger partial charge in [-0.3, -0.25) is 10.3 Å². The SMILES string of the molecule is CC1CN(c2ccc(C#N)n3nccc23)CC2c3ccc(N4CCNN5CC4C5)nc3CN12. The van der Waals surface area contributed by atoms with Crippen LogP contribution < -0.4 is 15.2 Å². The lowest BCUT2D eigenvalue weighted by atomic mass is 10.0. The zero-order valence-electron chi connectivity index (χ0n) is 18.7. The zero-order valence-corrected chi connectivity index (χ0v) is 18.7. The molecule has 4 saturated heterocycles. The number of hydrazine groups is 1. The van der Waals surface area contributed by atoms with Crippen molar-refractivity contribution in [2.24, 2.45) is 0 Å². The van der Waals surface area contributed by atoms with E-state index >= 15 is 0 Å². The molecule has 168 valence electrons. The minimum atomic E-state index is 0.328. The Morgan fingerprint density at radius 1 is 1.09 bits per heavy atom. The van der Waals surface area contributed by atoms with Crippen molar-refractivity contribution in [1.82, 2.24) is 29.9 Å². The van der Waals surface area contributed by atoms with Crippen molar-refractivity contribution in [2.45, 2.75) is 31.6 Å². The van der Waals surface area contributed by atoms with E-state index in [-0.39, 0.29) is 0 Å². The van der Waals surface area contributed by atoms with Gasteiger partial charge in [0, 0.05) is 51.9 Å². The van der Waals surface area contributed by atoms with Gasteiger partial charge in [0.25, 0.3) is 0 Å². The number of fused-ring (bicyclic) bond motifs is 7. The van der Waals surface area contributed by atoms with E-state index in [1.54, 1.807) is 10.7 Å². The van der Waals surface area contributed by atoms with Crippen LogP contribution in [0.15, 0.2) is 36.5 Å². The molecule has 0 spiro atoms. The topological polar surface area (TPSA) is 79.0 Å². The number of nitrogens with zero attached hydrogens (tertiary/aromatic N) is 8. The first-order valence-electron chi connectivity index (χ1n) is 11.8. The molecule has 9 nitrogen and oxygen atoms in total. The first-order valence-corrected chi connectivity index (χ1v) is 11.8. The second kappa shape index (κ2) is 7.15. The molecule has 0 aromatic carbocycles. The van der Waals surface area contributed by atoms with E-state index < -0.39 is 0 Å². The molecule has 0 aliphatic carbocycles. The van der Waals surface area contributed by atoms with E-state index in [9.17, 15) is 5.26 Å². The number of nitrogens with one attached hydrogen (secondary N) is 1. The summed E-state index contributed by atoms with van der Waals surface area (Å²) in [5, 5.41) is 16.1. The first-order chi connectivity index (χ1) is 16.2. The fourth-order valence-corrected chi connectivity index (χ4v) is 6.07. The van der Waals surface area contributed by atoms with Gasteiger partial charge in [-0.15, -0.1) is 0 Å². The van der Waals surface area contributed by atoms with Gasteiger partial charge >= 0.3 is 0 Å². The zero-order chi connectivity index (χ0) is 22.1. The molecule has 5 aliphatic heterocycles. The number of piperazine rings is 1. The van der Waals surface area contributed by atoms with E-state index in [4.69, 9.17) is 4.98 Å². The fraction of sp³-hybridized carbons (Fsp3) is 0.458. The summed E-state index contributed by atoms with van der Waals surface area (Å²) in [6.45, 7) is 9.22. The Hall–Kier alpha value is -3.19. The van der Waals surface area contributed by atoms with E-state index in [0.717, 1.165) is 62.8 Å². The Balaban J connectivity index is 1.20. The van der Waals surface area contributed by atoms with E-state index in [0.29, 0.717) is 23.8 Å². The molecule has 8 heterocycles. The van der Waals surface area contributed by atoms with Gasteiger partial charge in [0.2, 0.25) is 0 Å². The standard InChI is InChI=1S/C24H27N9/c1-16-11-29(21-4-2-17(10-25)33-22(21)6-7-27-33)15-23-19-3-5-24(28-20(19)14-32(16)23)31-9-8-26-30-12-18(31)13-30/h2-7,16,18,23,26H,8-9,11-15H2,1H3. The van der Waals surface area contributed by atoms with Gasteiger partial charge in [-0.05, 0) is 36.8 Å². The highest BCUT2D eigenvalue weighted by Crippen LogP contribution is 2.41. The number of anilines is 2. The molecule has 9 heteroatoms. The quantitative estimate of drug-likeness (QED) is 0.639. The number of hydrogen-bond donors (Lipinski definition) is 1. The molecule has 8 rings (SSSR count).